The van der Waals surface area contributed by atoms with Crippen LogP contribution >= 0.6 is 22.9 Å². The van der Waals surface area contributed by atoms with Crippen LogP contribution in [0.25, 0.3) is 10.6 Å². The molecule has 4 heterocycles. The number of ether oxygens (including phenoxy) is 4. The Morgan fingerprint density at radius 2 is 1.83 bits per heavy atom. The third-order valence-corrected chi connectivity index (χ3v) is 9.72. The van der Waals surface area contributed by atoms with Crippen molar-refractivity contribution in [3.05, 3.63) is 46.4 Å². The van der Waals surface area contributed by atoms with Gasteiger partial charge in [-0.2, -0.15) is 0 Å². The van der Waals surface area contributed by atoms with Crippen molar-refractivity contribution >= 4 is 34.5 Å². The smallest absolute Gasteiger partial charge is 0.228 e. The summed E-state index contributed by atoms with van der Waals surface area (Å²) in [6, 6.07) is 11.2. The highest BCUT2D eigenvalue weighted by atomic mass is 35.5. The molecule has 3 aromatic rings. The van der Waals surface area contributed by atoms with Gasteiger partial charge in [-0.1, -0.05) is 22.8 Å². The molecule has 258 valence electrons. The predicted molar refractivity (Wildman–Crippen MR) is 173 cm³/mol. The largest absolute Gasteiger partial charge is 0.491 e. The minimum absolute atomic E-state index is 0.0814. The fourth-order valence-corrected chi connectivity index (χ4v) is 6.66. The lowest BCUT2D eigenvalue weighted by Crippen LogP contribution is -3.16. The number of nitrogens with zero attached hydrogens (tertiary/aromatic N) is 1. The van der Waals surface area contributed by atoms with Gasteiger partial charge in [-0.15, -0.1) is 11.3 Å². The summed E-state index contributed by atoms with van der Waals surface area (Å²) in [4.78, 5) is 15.8. The van der Waals surface area contributed by atoms with Gasteiger partial charge in [0.2, 0.25) is 5.91 Å². The number of carbonyl (C=O) groups excluding carboxylic acids is 1. The Labute approximate surface area is 281 Å². The maximum atomic E-state index is 13.5. The molecule has 2 aliphatic heterocycles. The van der Waals surface area contributed by atoms with Crippen LogP contribution in [-0.2, 0) is 20.9 Å². The molecule has 2 saturated heterocycles. The fourth-order valence-electron chi connectivity index (χ4n) is 5.67. The number of aliphatic hydroxyl groups excluding tert-OH is 4. The normalized spacial score (nSPS) is 26.3. The van der Waals surface area contributed by atoms with Gasteiger partial charge in [0.25, 0.3) is 0 Å². The van der Waals surface area contributed by atoms with E-state index in [0.717, 1.165) is 30.8 Å². The molecule has 2 fully saturated rings. The van der Waals surface area contributed by atoms with E-state index in [1.165, 1.54) is 16.2 Å². The van der Waals surface area contributed by atoms with Crippen molar-refractivity contribution < 1.29 is 53.6 Å². The van der Waals surface area contributed by atoms with Crippen LogP contribution in [0, 0.1) is 5.92 Å². The summed E-state index contributed by atoms with van der Waals surface area (Å²) in [6.07, 6.45) is -4.83. The standard InChI is InChI=1S/C32H42ClN3O10S/c1-18(2)36-11-9-19(10-12-36)31(41)34-27-21(42-13-4-14-43-32-30(40)29(39)28(38)24(16-37)45-32)5-3-6-22(27)44-17-20-15-23(46-35-20)25-7-8-26(33)47-25/h3,5-8,15,18-19,24,28-30,32,37-40H,4,9-14,16-17H2,1-2H3,(H,34,41)/p+1/t24-,28-,29+,30-,32-/m1/s1. The van der Waals surface area contributed by atoms with E-state index in [2.05, 4.69) is 24.3 Å². The molecule has 5 rings (SSSR count). The number of halogens is 1. The van der Waals surface area contributed by atoms with Crippen LogP contribution < -0.4 is 19.7 Å². The van der Waals surface area contributed by atoms with Crippen LogP contribution in [0.5, 0.6) is 11.5 Å². The molecule has 0 radical (unpaired) electrons. The highest BCUT2D eigenvalue weighted by Crippen LogP contribution is 2.37. The van der Waals surface area contributed by atoms with E-state index in [9.17, 15) is 25.2 Å². The molecular weight excluding hydrogens is 654 g/mol. The van der Waals surface area contributed by atoms with Gasteiger partial charge in [0.15, 0.2) is 12.1 Å². The second-order valence-corrected chi connectivity index (χ2v) is 13.8. The van der Waals surface area contributed by atoms with Gasteiger partial charge in [-0.25, -0.2) is 0 Å². The van der Waals surface area contributed by atoms with Crippen LogP contribution in [0.15, 0.2) is 40.9 Å². The van der Waals surface area contributed by atoms with Crippen LogP contribution in [-0.4, -0.2) is 101 Å². The van der Waals surface area contributed by atoms with Gasteiger partial charge in [0, 0.05) is 31.2 Å². The summed E-state index contributed by atoms with van der Waals surface area (Å²) in [6.45, 7) is 6.03. The Balaban J connectivity index is 1.23. The first-order chi connectivity index (χ1) is 22.6. The average molecular weight is 697 g/mol. The molecule has 0 bridgehead atoms. The molecule has 1 amide bonds. The third-order valence-electron chi connectivity index (χ3n) is 8.48. The van der Waals surface area contributed by atoms with Gasteiger partial charge in [0.05, 0.1) is 48.2 Å². The number of carbonyl (C=O) groups is 1. The van der Waals surface area contributed by atoms with Crippen LogP contribution in [0.3, 0.4) is 0 Å². The fraction of sp³-hybridized carbons (Fsp3) is 0.562. The summed E-state index contributed by atoms with van der Waals surface area (Å²) < 4.78 is 29.3. The van der Waals surface area contributed by atoms with Crippen LogP contribution in [0.1, 0.15) is 38.8 Å². The Morgan fingerprint density at radius 1 is 1.09 bits per heavy atom. The Morgan fingerprint density at radius 3 is 2.51 bits per heavy atom. The Kier molecular flexibility index (Phi) is 12.5. The predicted octanol–water partition coefficient (Wildman–Crippen LogP) is 1.86. The average Bonchev–Trinajstić information content (AvgIpc) is 3.73. The molecule has 0 saturated carbocycles. The molecule has 2 aromatic heterocycles. The molecule has 0 aliphatic carbocycles. The van der Waals surface area contributed by atoms with Crippen LogP contribution in [0.4, 0.5) is 5.69 Å². The van der Waals surface area contributed by atoms with Gasteiger partial charge in [-0.3, -0.25) is 4.79 Å². The number of hydrogen-bond donors (Lipinski definition) is 6. The van der Waals surface area contributed by atoms with Gasteiger partial charge >= 0.3 is 0 Å². The van der Waals surface area contributed by atoms with E-state index < -0.39 is 37.3 Å². The lowest BCUT2D eigenvalue weighted by atomic mass is 9.95. The second kappa shape index (κ2) is 16.5. The summed E-state index contributed by atoms with van der Waals surface area (Å²) in [5, 5.41) is 46.7. The number of aliphatic hydroxyl groups is 4. The minimum atomic E-state index is -1.52. The molecule has 15 heteroatoms. The molecule has 0 spiro atoms. The number of nitrogens with one attached hydrogen (secondary N) is 2. The topological polar surface area (TPSA) is 177 Å². The van der Waals surface area contributed by atoms with Crippen molar-refractivity contribution in [3.63, 3.8) is 0 Å². The number of likely N-dealkylation sites (tertiary alicyclic amines) is 1. The summed E-state index contributed by atoms with van der Waals surface area (Å²) in [5.74, 6) is 1.15. The first-order valence-electron chi connectivity index (χ1n) is 15.8. The zero-order valence-corrected chi connectivity index (χ0v) is 27.9. The second-order valence-electron chi connectivity index (χ2n) is 12.1. The number of aromatic nitrogens is 1. The molecule has 47 heavy (non-hydrogen) atoms. The number of hydrogen-bond acceptors (Lipinski definition) is 12. The van der Waals surface area contributed by atoms with Gasteiger partial charge in [-0.05, 0) is 38.1 Å². The van der Waals surface area contributed by atoms with Crippen molar-refractivity contribution in [2.75, 3.05) is 38.2 Å². The van der Waals surface area contributed by atoms with E-state index in [4.69, 9.17) is 35.1 Å². The van der Waals surface area contributed by atoms with Crippen molar-refractivity contribution in [1.82, 2.24) is 5.16 Å². The molecule has 5 atom stereocenters. The van der Waals surface area contributed by atoms with E-state index in [1.807, 2.05) is 6.07 Å². The van der Waals surface area contributed by atoms with Crippen molar-refractivity contribution in [1.29, 1.82) is 0 Å². The number of anilines is 1. The number of amides is 1. The maximum Gasteiger partial charge on any atom is 0.228 e. The number of para-hydroxylation sites is 1. The van der Waals surface area contributed by atoms with Crippen molar-refractivity contribution in [2.24, 2.45) is 5.92 Å². The van der Waals surface area contributed by atoms with E-state index in [1.54, 1.807) is 30.3 Å². The lowest BCUT2D eigenvalue weighted by Gasteiger charge is -2.39. The highest BCUT2D eigenvalue weighted by molar-refractivity contribution is 7.19. The van der Waals surface area contributed by atoms with Crippen molar-refractivity contribution in [2.45, 2.75) is 76.5 Å². The summed E-state index contributed by atoms with van der Waals surface area (Å²) in [7, 11) is 0. The number of thiophene rings is 1. The highest BCUT2D eigenvalue weighted by Gasteiger charge is 2.44. The zero-order chi connectivity index (χ0) is 33.5. The van der Waals surface area contributed by atoms with E-state index >= 15 is 0 Å². The summed E-state index contributed by atoms with van der Waals surface area (Å²) >= 11 is 7.44. The molecular formula is C32H43ClN3O10S+. The Hall–Kier alpha value is -2.79. The van der Waals surface area contributed by atoms with E-state index in [-0.39, 0.29) is 31.6 Å². The van der Waals surface area contributed by atoms with Gasteiger partial charge < -0.3 is 54.1 Å². The molecule has 6 N–H and O–H groups in total. The van der Waals surface area contributed by atoms with E-state index in [0.29, 0.717) is 45.4 Å². The monoisotopic (exact) mass is 696 g/mol. The molecule has 1 aromatic carbocycles. The third kappa shape index (κ3) is 9.02. The number of quaternary nitrogens is 1. The number of piperidine rings is 1. The van der Waals surface area contributed by atoms with Gasteiger partial charge in [0.1, 0.15) is 53.9 Å². The Bertz CT molecular complexity index is 1440. The first-order valence-corrected chi connectivity index (χ1v) is 17.0. The lowest BCUT2D eigenvalue weighted by molar-refractivity contribution is -0.926. The first kappa shape index (κ1) is 35.5. The quantitative estimate of drug-likeness (QED) is 0.136. The minimum Gasteiger partial charge on any atom is -0.491 e. The summed E-state index contributed by atoms with van der Waals surface area (Å²) in [5.41, 5.74) is 0.960. The molecule has 13 nitrogen and oxygen atoms in total. The SMILES string of the molecule is CC(C)[NH+]1CCC(C(=O)Nc2c(OCCCO[C@@H]3O[C@H](CO)[C@@H](O)[C@H](O)[C@H]3O)cccc2OCc2cc(-c3ccc(Cl)s3)on2)CC1. The molecule has 0 unspecified atom stereocenters. The van der Waals surface area contributed by atoms with Crippen LogP contribution in [0.2, 0.25) is 4.34 Å². The number of rotatable bonds is 14. The number of benzene rings is 1. The molecule has 2 aliphatic rings. The zero-order valence-electron chi connectivity index (χ0n) is 26.3. The maximum absolute atomic E-state index is 13.5. The van der Waals surface area contributed by atoms with Crippen molar-refractivity contribution in [3.8, 4) is 22.1 Å².